The van der Waals surface area contributed by atoms with Crippen molar-refractivity contribution in [2.75, 3.05) is 26.1 Å². The minimum atomic E-state index is 0.498. The van der Waals surface area contributed by atoms with E-state index in [9.17, 15) is 10.1 Å². The highest BCUT2D eigenvalue weighted by atomic mass is 79.9. The SMILES string of the molecule is CCOC.COc1cc(Br)c(C#N)cc1Nc1ccc(SCc2ccccc2)cc1/C=C/C=O. The van der Waals surface area contributed by atoms with E-state index in [0.29, 0.717) is 21.5 Å². The van der Waals surface area contributed by atoms with Gasteiger partial charge in [-0.1, -0.05) is 30.3 Å². The van der Waals surface area contributed by atoms with Crippen LogP contribution in [-0.4, -0.2) is 27.1 Å². The minimum absolute atomic E-state index is 0.498. The van der Waals surface area contributed by atoms with Crippen molar-refractivity contribution in [2.45, 2.75) is 17.6 Å². The molecule has 0 unspecified atom stereocenters. The Morgan fingerprint density at radius 2 is 1.82 bits per heavy atom. The maximum Gasteiger partial charge on any atom is 0.143 e. The lowest BCUT2D eigenvalue weighted by atomic mass is 10.1. The van der Waals surface area contributed by atoms with E-state index in [1.165, 1.54) is 11.6 Å². The molecule has 3 aromatic rings. The van der Waals surface area contributed by atoms with Gasteiger partial charge >= 0.3 is 0 Å². The molecule has 34 heavy (non-hydrogen) atoms. The van der Waals surface area contributed by atoms with Crippen LogP contribution in [0.2, 0.25) is 0 Å². The minimum Gasteiger partial charge on any atom is -0.495 e. The number of carbonyl (C=O) groups is 1. The van der Waals surface area contributed by atoms with Crippen LogP contribution in [0, 0.1) is 11.3 Å². The van der Waals surface area contributed by atoms with E-state index in [0.717, 1.165) is 34.8 Å². The maximum atomic E-state index is 10.9. The molecule has 0 saturated heterocycles. The fraction of sp³-hybridized carbons (Fsp3) is 0.185. The Morgan fingerprint density at radius 3 is 2.44 bits per heavy atom. The third kappa shape index (κ3) is 8.38. The lowest BCUT2D eigenvalue weighted by Crippen LogP contribution is -1.98. The number of nitrogens with zero attached hydrogens (tertiary/aromatic N) is 1. The van der Waals surface area contributed by atoms with E-state index in [2.05, 4.69) is 44.2 Å². The van der Waals surface area contributed by atoms with E-state index < -0.39 is 0 Å². The predicted molar refractivity (Wildman–Crippen MR) is 144 cm³/mol. The number of halogens is 1. The number of methoxy groups -OCH3 is 2. The van der Waals surface area contributed by atoms with Crippen LogP contribution in [0.4, 0.5) is 11.4 Å². The molecule has 0 saturated carbocycles. The first-order valence-corrected chi connectivity index (χ1v) is 12.3. The van der Waals surface area contributed by atoms with E-state index in [4.69, 9.17) is 4.74 Å². The molecule has 0 fully saturated rings. The first-order chi connectivity index (χ1) is 16.6. The summed E-state index contributed by atoms with van der Waals surface area (Å²) in [7, 11) is 3.26. The van der Waals surface area contributed by atoms with Gasteiger partial charge in [-0.25, -0.2) is 0 Å². The van der Waals surface area contributed by atoms with Crippen molar-refractivity contribution in [1.29, 1.82) is 5.26 Å². The van der Waals surface area contributed by atoms with Crippen LogP contribution in [-0.2, 0) is 15.3 Å². The van der Waals surface area contributed by atoms with Crippen molar-refractivity contribution in [3.8, 4) is 11.8 Å². The third-order valence-electron chi connectivity index (χ3n) is 4.59. The highest BCUT2D eigenvalue weighted by Crippen LogP contribution is 2.35. The van der Waals surface area contributed by atoms with Crippen molar-refractivity contribution < 1.29 is 14.3 Å². The van der Waals surface area contributed by atoms with Gasteiger partial charge in [0.1, 0.15) is 18.1 Å². The average Bonchev–Trinajstić information content (AvgIpc) is 2.88. The molecule has 0 spiro atoms. The van der Waals surface area contributed by atoms with Gasteiger partial charge in [-0.05, 0) is 76.5 Å². The van der Waals surface area contributed by atoms with Crippen LogP contribution in [0.15, 0.2) is 76.1 Å². The molecule has 0 amide bonds. The highest BCUT2D eigenvalue weighted by Gasteiger charge is 2.11. The summed E-state index contributed by atoms with van der Waals surface area (Å²) in [5, 5.41) is 12.7. The Kier molecular flexibility index (Phi) is 12.0. The first-order valence-electron chi connectivity index (χ1n) is 10.5. The van der Waals surface area contributed by atoms with Gasteiger partial charge < -0.3 is 14.8 Å². The number of nitrogens with one attached hydrogen (secondary N) is 1. The topological polar surface area (TPSA) is 71.3 Å². The van der Waals surface area contributed by atoms with Gasteiger partial charge in [0.2, 0.25) is 0 Å². The smallest absolute Gasteiger partial charge is 0.143 e. The molecular weight excluding hydrogens is 512 g/mol. The number of aldehydes is 1. The van der Waals surface area contributed by atoms with Crippen molar-refractivity contribution in [3.05, 3.63) is 87.9 Å². The maximum absolute atomic E-state index is 10.9. The van der Waals surface area contributed by atoms with Crippen LogP contribution < -0.4 is 10.1 Å². The van der Waals surface area contributed by atoms with Crippen molar-refractivity contribution in [3.63, 3.8) is 0 Å². The van der Waals surface area contributed by atoms with E-state index in [-0.39, 0.29) is 0 Å². The molecule has 176 valence electrons. The second kappa shape index (κ2) is 15.0. The van der Waals surface area contributed by atoms with Crippen molar-refractivity contribution in [2.24, 2.45) is 0 Å². The Morgan fingerprint density at radius 1 is 1.09 bits per heavy atom. The zero-order chi connectivity index (χ0) is 24.8. The van der Waals surface area contributed by atoms with E-state index >= 15 is 0 Å². The third-order valence-corrected chi connectivity index (χ3v) is 6.31. The summed E-state index contributed by atoms with van der Waals surface area (Å²) in [6.07, 6.45) is 3.98. The average molecular weight is 539 g/mol. The number of allylic oxidation sites excluding steroid dienone is 1. The zero-order valence-electron chi connectivity index (χ0n) is 19.4. The molecule has 0 aliphatic heterocycles. The van der Waals surface area contributed by atoms with Gasteiger partial charge in [-0.15, -0.1) is 11.8 Å². The number of nitriles is 1. The molecule has 3 rings (SSSR count). The summed E-state index contributed by atoms with van der Waals surface area (Å²) >= 11 is 5.11. The number of hydrogen-bond acceptors (Lipinski definition) is 6. The van der Waals surface area contributed by atoms with Gasteiger partial charge in [0.05, 0.1) is 18.4 Å². The predicted octanol–water partition coefficient (Wildman–Crippen LogP) is 7.23. The summed E-state index contributed by atoms with van der Waals surface area (Å²) < 4.78 is 10.7. The number of hydrogen-bond donors (Lipinski definition) is 1. The zero-order valence-corrected chi connectivity index (χ0v) is 21.8. The Labute approximate surface area is 213 Å². The first kappa shape index (κ1) is 27.2. The molecule has 0 radical (unpaired) electrons. The van der Waals surface area contributed by atoms with E-state index in [1.807, 2.05) is 43.3 Å². The van der Waals surface area contributed by atoms with Crippen LogP contribution in [0.1, 0.15) is 23.6 Å². The molecule has 0 aliphatic carbocycles. The van der Waals surface area contributed by atoms with Crippen LogP contribution in [0.5, 0.6) is 5.75 Å². The van der Waals surface area contributed by atoms with Gasteiger partial charge in [-0.2, -0.15) is 5.26 Å². The number of carbonyl (C=O) groups excluding carboxylic acids is 1. The largest absolute Gasteiger partial charge is 0.495 e. The van der Waals surface area contributed by atoms with Crippen molar-refractivity contribution >= 4 is 51.4 Å². The molecule has 1 N–H and O–H groups in total. The van der Waals surface area contributed by atoms with Gasteiger partial charge in [-0.3, -0.25) is 4.79 Å². The van der Waals surface area contributed by atoms with Crippen LogP contribution >= 0.6 is 27.7 Å². The second-order valence-electron chi connectivity index (χ2n) is 6.87. The molecular formula is C27H27BrN2O3S. The fourth-order valence-electron chi connectivity index (χ4n) is 2.82. The molecule has 5 nitrogen and oxygen atoms in total. The molecule has 0 bridgehead atoms. The highest BCUT2D eigenvalue weighted by molar-refractivity contribution is 9.10. The van der Waals surface area contributed by atoms with Gasteiger partial charge in [0.15, 0.2) is 0 Å². The second-order valence-corrected chi connectivity index (χ2v) is 8.77. The summed E-state index contributed by atoms with van der Waals surface area (Å²) in [4.78, 5) is 12.0. The summed E-state index contributed by atoms with van der Waals surface area (Å²) in [5.74, 6) is 1.46. The number of ether oxygens (including phenoxy) is 2. The van der Waals surface area contributed by atoms with Gasteiger partial charge in [0, 0.05) is 34.5 Å². The molecule has 7 heteroatoms. The number of benzene rings is 3. The Balaban J connectivity index is 0.000000945. The fourth-order valence-corrected chi connectivity index (χ4v) is 4.13. The lowest BCUT2D eigenvalue weighted by Gasteiger charge is -2.15. The summed E-state index contributed by atoms with van der Waals surface area (Å²) in [6, 6.07) is 21.9. The Bertz CT molecular complexity index is 1140. The number of rotatable bonds is 9. The number of thioether (sulfide) groups is 1. The molecule has 3 aromatic carbocycles. The monoisotopic (exact) mass is 538 g/mol. The van der Waals surface area contributed by atoms with Crippen LogP contribution in [0.25, 0.3) is 6.08 Å². The summed E-state index contributed by atoms with van der Waals surface area (Å²) in [5.41, 5.74) is 4.09. The summed E-state index contributed by atoms with van der Waals surface area (Å²) in [6.45, 7) is 2.78. The van der Waals surface area contributed by atoms with Crippen molar-refractivity contribution in [1.82, 2.24) is 0 Å². The van der Waals surface area contributed by atoms with Gasteiger partial charge in [0.25, 0.3) is 0 Å². The van der Waals surface area contributed by atoms with E-state index in [1.54, 1.807) is 44.2 Å². The Hall–Kier alpha value is -3.05. The molecule has 0 aromatic heterocycles. The normalized spacial score (nSPS) is 10.2. The molecule has 0 heterocycles. The molecule has 0 atom stereocenters. The molecule has 0 aliphatic rings. The quantitative estimate of drug-likeness (QED) is 0.176. The number of anilines is 2. The van der Waals surface area contributed by atoms with Crippen LogP contribution in [0.3, 0.4) is 0 Å². The standard InChI is InChI=1S/C24H19BrN2O2S.C3H8O/c1-29-24-14-21(25)19(15-26)13-23(24)27-22-10-9-20(12-18(22)8-5-11-28)30-16-17-6-3-2-4-7-17;1-3-4-2/h2-14,27H,16H2,1H3;3H2,1-2H3/b8-5+;. The lowest BCUT2D eigenvalue weighted by molar-refractivity contribution is -0.104.